The van der Waals surface area contributed by atoms with Gasteiger partial charge in [-0.2, -0.15) is 0 Å². The highest BCUT2D eigenvalue weighted by Crippen LogP contribution is 2.22. The molecule has 1 saturated heterocycles. The first-order valence-electron chi connectivity index (χ1n) is 6.96. The van der Waals surface area contributed by atoms with Gasteiger partial charge in [0.25, 0.3) is 0 Å². The molecule has 0 radical (unpaired) electrons. The molecule has 7 nitrogen and oxygen atoms in total. The number of likely N-dealkylation sites (tertiary alicyclic amines) is 1. The first-order chi connectivity index (χ1) is 10.1. The van der Waals surface area contributed by atoms with Crippen molar-refractivity contribution in [1.29, 1.82) is 0 Å². The minimum absolute atomic E-state index is 0.0481. The van der Waals surface area contributed by atoms with Crippen LogP contribution in [0, 0.1) is 10.1 Å². The van der Waals surface area contributed by atoms with Crippen molar-refractivity contribution in [2.75, 3.05) is 26.7 Å². The van der Waals surface area contributed by atoms with Gasteiger partial charge < -0.3 is 10.6 Å². The predicted octanol–water partition coefficient (Wildman–Crippen LogP) is 0.956. The van der Waals surface area contributed by atoms with E-state index < -0.39 is 0 Å². The Bertz CT molecular complexity index is 497. The molecule has 0 bridgehead atoms. The number of hydrogen-bond acceptors (Lipinski definition) is 6. The highest BCUT2D eigenvalue weighted by Gasteiger charge is 2.20. The van der Waals surface area contributed by atoms with Gasteiger partial charge in [-0.25, -0.2) is 0 Å². The van der Waals surface area contributed by atoms with Crippen molar-refractivity contribution in [2.45, 2.75) is 25.4 Å². The summed E-state index contributed by atoms with van der Waals surface area (Å²) in [4.78, 5) is 23.7. The van der Waals surface area contributed by atoms with Crippen LogP contribution in [0.3, 0.4) is 0 Å². The lowest BCUT2D eigenvalue weighted by atomic mass is 10.0. The third-order valence-corrected chi connectivity index (χ3v) is 4.58. The van der Waals surface area contributed by atoms with Crippen molar-refractivity contribution < 1.29 is 9.72 Å². The lowest BCUT2D eigenvalue weighted by Gasteiger charge is -2.31. The molecule has 0 spiro atoms. The minimum atomic E-state index is -0.356. The van der Waals surface area contributed by atoms with Crippen LogP contribution in [0.2, 0.25) is 0 Å². The molecule has 0 saturated carbocycles. The van der Waals surface area contributed by atoms with Crippen LogP contribution in [-0.4, -0.2) is 48.5 Å². The summed E-state index contributed by atoms with van der Waals surface area (Å²) in [6.45, 7) is 2.91. The topological polar surface area (TPSA) is 87.5 Å². The van der Waals surface area contributed by atoms with Crippen LogP contribution in [-0.2, 0) is 11.3 Å². The normalized spacial score (nSPS) is 16.8. The summed E-state index contributed by atoms with van der Waals surface area (Å²) in [6, 6.07) is 2.03. The van der Waals surface area contributed by atoms with Crippen molar-refractivity contribution in [3.05, 3.63) is 27.1 Å². The highest BCUT2D eigenvalue weighted by atomic mass is 32.1. The molecule has 116 valence electrons. The third kappa shape index (κ3) is 4.76. The summed E-state index contributed by atoms with van der Waals surface area (Å²) in [6.07, 6.45) is 1.98. The number of nitrogens with one attached hydrogen (secondary N) is 2. The maximum absolute atomic E-state index is 11.3. The first kappa shape index (κ1) is 15.9. The van der Waals surface area contributed by atoms with Crippen molar-refractivity contribution in [1.82, 2.24) is 15.5 Å². The van der Waals surface area contributed by atoms with Crippen LogP contribution >= 0.6 is 11.3 Å². The molecule has 1 amide bonds. The van der Waals surface area contributed by atoms with Gasteiger partial charge >= 0.3 is 5.00 Å². The maximum atomic E-state index is 11.3. The SMILES string of the molecule is CNC(=O)CN1CCC(NCc2csc([N+](=O)[O-])c2)CC1. The van der Waals surface area contributed by atoms with E-state index in [0.29, 0.717) is 19.1 Å². The van der Waals surface area contributed by atoms with E-state index in [2.05, 4.69) is 15.5 Å². The zero-order chi connectivity index (χ0) is 15.2. The Balaban J connectivity index is 1.71. The molecular weight excluding hydrogens is 292 g/mol. The Hall–Kier alpha value is -1.51. The molecule has 0 aliphatic carbocycles. The van der Waals surface area contributed by atoms with Gasteiger partial charge in [-0.05, 0) is 18.4 Å². The second-order valence-corrected chi connectivity index (χ2v) is 6.04. The summed E-state index contributed by atoms with van der Waals surface area (Å²) in [7, 11) is 1.65. The quantitative estimate of drug-likeness (QED) is 0.603. The second kappa shape index (κ2) is 7.48. The molecule has 2 rings (SSSR count). The fourth-order valence-corrected chi connectivity index (χ4v) is 3.12. The van der Waals surface area contributed by atoms with E-state index in [1.165, 1.54) is 0 Å². The Morgan fingerprint density at radius 2 is 2.24 bits per heavy atom. The van der Waals surface area contributed by atoms with Gasteiger partial charge in [0, 0.05) is 44.2 Å². The van der Waals surface area contributed by atoms with E-state index in [-0.39, 0.29) is 15.8 Å². The zero-order valence-corrected chi connectivity index (χ0v) is 12.8. The van der Waals surface area contributed by atoms with Crippen molar-refractivity contribution in [3.8, 4) is 0 Å². The number of carbonyl (C=O) groups excluding carboxylic acids is 1. The minimum Gasteiger partial charge on any atom is -0.358 e. The Morgan fingerprint density at radius 1 is 1.52 bits per heavy atom. The molecule has 2 heterocycles. The fraction of sp³-hybridized carbons (Fsp3) is 0.615. The fourth-order valence-electron chi connectivity index (χ4n) is 2.39. The number of piperidine rings is 1. The number of nitrogens with zero attached hydrogens (tertiary/aromatic N) is 2. The van der Waals surface area contributed by atoms with Gasteiger partial charge in [-0.3, -0.25) is 19.8 Å². The summed E-state index contributed by atoms with van der Waals surface area (Å²) >= 11 is 1.16. The number of carbonyl (C=O) groups is 1. The van der Waals surface area contributed by atoms with Crippen LogP contribution in [0.5, 0.6) is 0 Å². The Labute approximate surface area is 127 Å². The monoisotopic (exact) mass is 312 g/mol. The van der Waals surface area contributed by atoms with Gasteiger partial charge in [-0.1, -0.05) is 11.3 Å². The Kier molecular flexibility index (Phi) is 5.66. The van der Waals surface area contributed by atoms with E-state index in [4.69, 9.17) is 0 Å². The molecule has 1 fully saturated rings. The largest absolute Gasteiger partial charge is 0.358 e. The Morgan fingerprint density at radius 3 is 2.81 bits per heavy atom. The molecule has 21 heavy (non-hydrogen) atoms. The molecule has 8 heteroatoms. The summed E-state index contributed by atoms with van der Waals surface area (Å²) in [5, 5.41) is 18.7. The molecule has 1 aromatic rings. The molecule has 2 N–H and O–H groups in total. The van der Waals surface area contributed by atoms with Gasteiger partial charge in [0.05, 0.1) is 11.5 Å². The van der Waals surface area contributed by atoms with Gasteiger partial charge in [-0.15, -0.1) is 0 Å². The molecule has 0 atom stereocenters. The molecule has 1 aliphatic rings. The number of thiophene rings is 1. The van der Waals surface area contributed by atoms with Crippen molar-refractivity contribution >= 4 is 22.2 Å². The van der Waals surface area contributed by atoms with E-state index in [9.17, 15) is 14.9 Å². The molecular formula is C13H20N4O3S. The number of rotatable bonds is 6. The van der Waals surface area contributed by atoms with Crippen LogP contribution < -0.4 is 10.6 Å². The highest BCUT2D eigenvalue weighted by molar-refractivity contribution is 7.13. The summed E-state index contributed by atoms with van der Waals surface area (Å²) < 4.78 is 0. The smallest absolute Gasteiger partial charge is 0.324 e. The third-order valence-electron chi connectivity index (χ3n) is 3.65. The van der Waals surface area contributed by atoms with E-state index >= 15 is 0 Å². The summed E-state index contributed by atoms with van der Waals surface area (Å²) in [5.74, 6) is 0.0481. The average Bonchev–Trinajstić information content (AvgIpc) is 2.95. The molecule has 1 aliphatic heterocycles. The van der Waals surface area contributed by atoms with E-state index in [1.807, 2.05) is 5.38 Å². The van der Waals surface area contributed by atoms with Crippen molar-refractivity contribution in [2.24, 2.45) is 0 Å². The van der Waals surface area contributed by atoms with Gasteiger partial charge in [0.1, 0.15) is 0 Å². The van der Waals surface area contributed by atoms with Crippen molar-refractivity contribution in [3.63, 3.8) is 0 Å². The van der Waals surface area contributed by atoms with Crippen LogP contribution in [0.4, 0.5) is 5.00 Å². The molecule has 1 aromatic heterocycles. The number of amides is 1. The first-order valence-corrected chi connectivity index (χ1v) is 7.84. The van der Waals surface area contributed by atoms with Crippen LogP contribution in [0.15, 0.2) is 11.4 Å². The van der Waals surface area contributed by atoms with Crippen LogP contribution in [0.25, 0.3) is 0 Å². The average molecular weight is 312 g/mol. The molecule has 0 unspecified atom stereocenters. The lowest BCUT2D eigenvalue weighted by molar-refractivity contribution is -0.380. The lowest BCUT2D eigenvalue weighted by Crippen LogP contribution is -2.45. The number of nitro groups is 1. The van der Waals surface area contributed by atoms with Gasteiger partial charge in [0.15, 0.2) is 0 Å². The molecule has 0 aromatic carbocycles. The number of likely N-dealkylation sites (N-methyl/N-ethyl adjacent to an activating group) is 1. The van der Waals surface area contributed by atoms with Crippen LogP contribution in [0.1, 0.15) is 18.4 Å². The van der Waals surface area contributed by atoms with E-state index in [0.717, 1.165) is 42.8 Å². The van der Waals surface area contributed by atoms with Gasteiger partial charge in [0.2, 0.25) is 5.91 Å². The zero-order valence-electron chi connectivity index (χ0n) is 12.0. The predicted molar refractivity (Wildman–Crippen MR) is 81.3 cm³/mol. The van der Waals surface area contributed by atoms with E-state index in [1.54, 1.807) is 13.1 Å². The standard InChI is InChI=1S/C13H20N4O3S/c1-14-12(18)8-16-4-2-11(3-5-16)15-7-10-6-13(17(19)20)21-9-10/h6,9,11,15H,2-5,7-8H2,1H3,(H,14,18). The maximum Gasteiger partial charge on any atom is 0.324 e. The summed E-state index contributed by atoms with van der Waals surface area (Å²) in [5.41, 5.74) is 0.958. The second-order valence-electron chi connectivity index (χ2n) is 5.15. The number of hydrogen-bond donors (Lipinski definition) is 2.